The second-order valence-electron chi connectivity index (χ2n) is 7.25. The van der Waals surface area contributed by atoms with Gasteiger partial charge in [0, 0.05) is 39.8 Å². The van der Waals surface area contributed by atoms with Gasteiger partial charge in [0.25, 0.3) is 0 Å². The van der Waals surface area contributed by atoms with Crippen LogP contribution in [0.25, 0.3) is 0 Å². The van der Waals surface area contributed by atoms with Crippen molar-refractivity contribution < 1.29 is 60.6 Å². The maximum absolute atomic E-state index is 12.1. The van der Waals surface area contributed by atoms with Crippen LogP contribution in [0.5, 0.6) is 17.2 Å². The molecule has 0 amide bonds. The van der Waals surface area contributed by atoms with Gasteiger partial charge < -0.3 is 23.1 Å². The molecule has 0 saturated heterocycles. The van der Waals surface area contributed by atoms with Gasteiger partial charge in [0.15, 0.2) is 8.32 Å². The Kier molecular flexibility index (Phi) is 19.8. The Balaban J connectivity index is -0.000000784. The Morgan fingerprint density at radius 1 is 0.844 bits per heavy atom. The Morgan fingerprint density at radius 2 is 1.31 bits per heavy atom. The Hall–Kier alpha value is -1.03. The molecule has 1 N–H and O–H groups in total. The standard InChI is InChI=1S/C19H26O6Si2.4CH4.Y/c1-22-27(5,25-26(2,3)4)14-23-17-10-12-18(13-11-17)24-19(21)15-6-8-16(20)9-7-15;;;;;/h6-13,20H,14H2,1-5H3;4*1H4;. The first-order chi connectivity index (χ1) is 12.6. The van der Waals surface area contributed by atoms with Crippen LogP contribution < -0.4 is 9.47 Å². The number of hydrogen-bond acceptors (Lipinski definition) is 6. The number of esters is 1. The average Bonchev–Trinajstić information content (AvgIpc) is 2.60. The molecule has 2 rings (SSSR count). The van der Waals surface area contributed by atoms with E-state index in [4.69, 9.17) is 18.0 Å². The topological polar surface area (TPSA) is 74.2 Å². The third-order valence-corrected chi connectivity index (χ3v) is 9.30. The summed E-state index contributed by atoms with van der Waals surface area (Å²) in [5.74, 6) is 0.657. The molecule has 181 valence electrons. The van der Waals surface area contributed by atoms with Gasteiger partial charge in [-0.25, -0.2) is 4.79 Å². The first kappa shape index (κ1) is 38.2. The second-order valence-corrected chi connectivity index (χ2v) is 15.3. The molecule has 6 nitrogen and oxygen atoms in total. The van der Waals surface area contributed by atoms with E-state index in [0.29, 0.717) is 23.3 Å². The van der Waals surface area contributed by atoms with Gasteiger partial charge in [0.2, 0.25) is 0 Å². The molecule has 1 unspecified atom stereocenters. The molecule has 9 heteroatoms. The van der Waals surface area contributed by atoms with Crippen molar-refractivity contribution in [1.29, 1.82) is 0 Å². The molecule has 2 aromatic carbocycles. The first-order valence-corrected chi connectivity index (χ1v) is 14.5. The Bertz CT molecular complexity index is 764. The number of carbonyl (C=O) groups excluding carboxylic acids is 1. The number of rotatable bonds is 8. The number of phenols is 1. The molecule has 2 aromatic rings. The van der Waals surface area contributed by atoms with Crippen LogP contribution in [0.4, 0.5) is 0 Å². The maximum atomic E-state index is 12.1. The molecule has 1 atom stereocenters. The van der Waals surface area contributed by atoms with E-state index in [-0.39, 0.29) is 68.2 Å². The van der Waals surface area contributed by atoms with Gasteiger partial charge in [-0.15, -0.1) is 0 Å². The summed E-state index contributed by atoms with van der Waals surface area (Å²) in [5.41, 5.74) is 0.360. The minimum absolute atomic E-state index is 0. The van der Waals surface area contributed by atoms with Crippen molar-refractivity contribution in [3.8, 4) is 17.2 Å². The van der Waals surface area contributed by atoms with Crippen molar-refractivity contribution in [2.75, 3.05) is 13.3 Å². The van der Waals surface area contributed by atoms with Crippen molar-refractivity contribution in [1.82, 2.24) is 0 Å². The molecule has 32 heavy (non-hydrogen) atoms. The Labute approximate surface area is 222 Å². The van der Waals surface area contributed by atoms with Crippen LogP contribution in [-0.2, 0) is 41.3 Å². The second kappa shape index (κ2) is 16.6. The van der Waals surface area contributed by atoms with Gasteiger partial charge in [-0.3, -0.25) is 0 Å². The van der Waals surface area contributed by atoms with Crippen LogP contribution >= 0.6 is 0 Å². The molecule has 0 bridgehead atoms. The van der Waals surface area contributed by atoms with Gasteiger partial charge in [-0.1, -0.05) is 29.7 Å². The predicted molar refractivity (Wildman–Crippen MR) is 135 cm³/mol. The van der Waals surface area contributed by atoms with E-state index in [9.17, 15) is 9.90 Å². The number of phenolic OH excluding ortho intramolecular Hbond substituents is 1. The van der Waals surface area contributed by atoms with Crippen molar-refractivity contribution in [3.05, 3.63) is 54.1 Å². The van der Waals surface area contributed by atoms with E-state index in [1.807, 2.05) is 6.55 Å². The van der Waals surface area contributed by atoms with Crippen LogP contribution in [0, 0.1) is 0 Å². The summed E-state index contributed by atoms with van der Waals surface area (Å²) in [4.78, 5) is 12.1. The van der Waals surface area contributed by atoms with Gasteiger partial charge in [-0.05, 0) is 74.7 Å². The van der Waals surface area contributed by atoms with Crippen LogP contribution in [-0.4, -0.2) is 41.3 Å². The number of aromatic hydroxyl groups is 1. The number of carbonyl (C=O) groups is 1. The SMILES string of the molecule is C.C.C.C.CO[Si](C)(COc1ccc(OC(=O)c2ccc(O)cc2)cc1)O[Si](C)(C)C.[Y]. The van der Waals surface area contributed by atoms with E-state index >= 15 is 0 Å². The summed E-state index contributed by atoms with van der Waals surface area (Å²) < 4.78 is 22.9. The minimum Gasteiger partial charge on any atom is -0.508 e. The Morgan fingerprint density at radius 3 is 1.75 bits per heavy atom. The normalized spacial score (nSPS) is 11.5. The summed E-state index contributed by atoms with van der Waals surface area (Å²) in [5, 5.41) is 9.27. The third kappa shape index (κ3) is 12.9. The van der Waals surface area contributed by atoms with Gasteiger partial charge >= 0.3 is 14.5 Å². The zero-order valence-corrected chi connectivity index (χ0v) is 21.7. The zero-order valence-electron chi connectivity index (χ0n) is 16.9. The van der Waals surface area contributed by atoms with Crippen LogP contribution in [0.15, 0.2) is 48.5 Å². The van der Waals surface area contributed by atoms with Crippen LogP contribution in [0.3, 0.4) is 0 Å². The van der Waals surface area contributed by atoms with Crippen LogP contribution in [0.1, 0.15) is 40.1 Å². The van der Waals surface area contributed by atoms with Gasteiger partial charge in [0.05, 0.1) is 5.56 Å². The molecular weight excluding hydrogens is 517 g/mol. The van der Waals surface area contributed by atoms with Crippen molar-refractivity contribution >= 4 is 22.8 Å². The van der Waals surface area contributed by atoms with Crippen molar-refractivity contribution in [2.45, 2.75) is 55.9 Å². The molecule has 0 aromatic heterocycles. The van der Waals surface area contributed by atoms with E-state index in [1.165, 1.54) is 24.3 Å². The minimum atomic E-state index is -2.40. The van der Waals surface area contributed by atoms with E-state index in [2.05, 4.69) is 19.6 Å². The summed E-state index contributed by atoms with van der Waals surface area (Å²) in [6.45, 7) is 8.34. The van der Waals surface area contributed by atoms with Crippen molar-refractivity contribution in [2.24, 2.45) is 0 Å². The quantitative estimate of drug-likeness (QED) is 0.222. The fraction of sp³-hybridized carbons (Fsp3) is 0.435. The molecule has 0 aliphatic carbocycles. The maximum Gasteiger partial charge on any atom is 0.363 e. The fourth-order valence-electron chi connectivity index (χ4n) is 2.36. The molecule has 0 fully saturated rings. The van der Waals surface area contributed by atoms with Gasteiger partial charge in [0.1, 0.15) is 23.5 Å². The average molecular weight is 560 g/mol. The molecular formula is C23H42O6Si2Y. The van der Waals surface area contributed by atoms with Crippen LogP contribution in [0.2, 0.25) is 26.2 Å². The van der Waals surface area contributed by atoms with Crippen molar-refractivity contribution in [3.63, 3.8) is 0 Å². The molecule has 0 saturated carbocycles. The van der Waals surface area contributed by atoms with E-state index in [1.54, 1.807) is 31.4 Å². The zero-order chi connectivity index (χ0) is 20.1. The largest absolute Gasteiger partial charge is 0.508 e. The number of hydrogen-bond donors (Lipinski definition) is 1. The molecule has 0 aliphatic heterocycles. The first-order valence-electron chi connectivity index (χ1n) is 8.60. The predicted octanol–water partition coefficient (Wildman–Crippen LogP) is 6.64. The number of ether oxygens (including phenoxy) is 2. The fourth-order valence-corrected chi connectivity index (χ4v) is 8.66. The van der Waals surface area contributed by atoms with Gasteiger partial charge in [-0.2, -0.15) is 0 Å². The number of benzene rings is 2. The molecule has 0 spiro atoms. The molecule has 0 heterocycles. The monoisotopic (exact) mass is 559 g/mol. The molecule has 1 radical (unpaired) electrons. The summed E-state index contributed by atoms with van der Waals surface area (Å²) in [6, 6.07) is 12.7. The third-order valence-electron chi connectivity index (χ3n) is 3.59. The summed E-state index contributed by atoms with van der Waals surface area (Å²) in [6.07, 6.45) is 0.375. The smallest absolute Gasteiger partial charge is 0.363 e. The van der Waals surface area contributed by atoms with E-state index < -0.39 is 22.8 Å². The van der Waals surface area contributed by atoms with E-state index in [0.717, 1.165) is 0 Å². The summed E-state index contributed by atoms with van der Waals surface area (Å²) >= 11 is 0. The summed E-state index contributed by atoms with van der Waals surface area (Å²) in [7, 11) is -2.47. The molecule has 0 aliphatic rings.